The normalized spacial score (nSPS) is 21.6. The summed E-state index contributed by atoms with van der Waals surface area (Å²) in [6, 6.07) is 3.76. The average Bonchev–Trinajstić information content (AvgIpc) is 2.66. The minimum Gasteiger partial charge on any atom is -0.356 e. The molecule has 0 aromatic carbocycles. The number of amides is 3. The van der Waals surface area contributed by atoms with Crippen LogP contribution in [0.5, 0.6) is 0 Å². The van der Waals surface area contributed by atoms with Gasteiger partial charge in [-0.15, -0.1) is 0 Å². The molecular formula is C15H20N4O2. The Labute approximate surface area is 124 Å². The van der Waals surface area contributed by atoms with Crippen LogP contribution in [0, 0.1) is 6.92 Å². The standard InChI is InChI=1S/C15H20N4O2/c1-11-5-4-8-16-12(11)19-9-6-15(7-10-19)13(20)17(2)14(21)18(15)3/h4-5,8H,6-7,9-10H2,1-3H3. The number of nitrogens with zero attached hydrogens (tertiary/aromatic N) is 4. The topological polar surface area (TPSA) is 56.8 Å². The first-order valence-electron chi connectivity index (χ1n) is 7.20. The van der Waals surface area contributed by atoms with Crippen LogP contribution in [0.15, 0.2) is 18.3 Å². The summed E-state index contributed by atoms with van der Waals surface area (Å²) in [7, 11) is 3.29. The van der Waals surface area contributed by atoms with E-state index in [1.807, 2.05) is 19.1 Å². The predicted molar refractivity (Wildman–Crippen MR) is 79.1 cm³/mol. The predicted octanol–water partition coefficient (Wildman–Crippen LogP) is 1.25. The van der Waals surface area contributed by atoms with Crippen LogP contribution < -0.4 is 4.90 Å². The Morgan fingerprint density at radius 2 is 1.86 bits per heavy atom. The van der Waals surface area contributed by atoms with Gasteiger partial charge in [-0.2, -0.15) is 0 Å². The van der Waals surface area contributed by atoms with Crippen LogP contribution in [0.2, 0.25) is 0 Å². The van der Waals surface area contributed by atoms with Gasteiger partial charge in [0.05, 0.1) is 0 Å². The van der Waals surface area contributed by atoms with E-state index in [4.69, 9.17) is 0 Å². The van der Waals surface area contributed by atoms with Crippen LogP contribution in [0.25, 0.3) is 0 Å². The Morgan fingerprint density at radius 3 is 2.38 bits per heavy atom. The lowest BCUT2D eigenvalue weighted by Crippen LogP contribution is -2.55. The largest absolute Gasteiger partial charge is 0.356 e. The van der Waals surface area contributed by atoms with Gasteiger partial charge in [0.1, 0.15) is 11.4 Å². The summed E-state index contributed by atoms with van der Waals surface area (Å²) in [6.07, 6.45) is 3.08. The number of anilines is 1. The molecule has 6 nitrogen and oxygen atoms in total. The van der Waals surface area contributed by atoms with Crippen molar-refractivity contribution < 1.29 is 9.59 Å². The molecule has 3 amide bonds. The zero-order valence-electron chi connectivity index (χ0n) is 12.7. The summed E-state index contributed by atoms with van der Waals surface area (Å²) in [5, 5.41) is 0. The van der Waals surface area contributed by atoms with Crippen molar-refractivity contribution in [2.45, 2.75) is 25.3 Å². The number of urea groups is 1. The number of imide groups is 1. The maximum absolute atomic E-state index is 12.4. The van der Waals surface area contributed by atoms with Crippen LogP contribution in [-0.2, 0) is 4.79 Å². The molecule has 3 rings (SSSR count). The molecule has 0 N–H and O–H groups in total. The number of likely N-dealkylation sites (N-methyl/N-ethyl adjacent to an activating group) is 2. The van der Waals surface area contributed by atoms with Crippen molar-refractivity contribution in [1.29, 1.82) is 0 Å². The van der Waals surface area contributed by atoms with Gasteiger partial charge in [-0.05, 0) is 31.4 Å². The van der Waals surface area contributed by atoms with Gasteiger partial charge in [0.15, 0.2) is 0 Å². The van der Waals surface area contributed by atoms with Gasteiger partial charge in [-0.25, -0.2) is 9.78 Å². The van der Waals surface area contributed by atoms with E-state index in [0.717, 1.165) is 24.5 Å². The smallest absolute Gasteiger partial charge is 0.327 e. The molecule has 6 heteroatoms. The number of hydrogen-bond donors (Lipinski definition) is 0. The summed E-state index contributed by atoms with van der Waals surface area (Å²) < 4.78 is 0. The Kier molecular flexibility index (Phi) is 3.11. The monoisotopic (exact) mass is 288 g/mol. The molecule has 3 heterocycles. The summed E-state index contributed by atoms with van der Waals surface area (Å²) in [5.74, 6) is 0.896. The average molecular weight is 288 g/mol. The number of aryl methyl sites for hydroxylation is 1. The molecule has 2 saturated heterocycles. The van der Waals surface area contributed by atoms with Gasteiger partial charge in [0.25, 0.3) is 5.91 Å². The first-order valence-corrected chi connectivity index (χ1v) is 7.20. The van der Waals surface area contributed by atoms with E-state index in [2.05, 4.69) is 9.88 Å². The summed E-state index contributed by atoms with van der Waals surface area (Å²) in [5.41, 5.74) is 0.470. The van der Waals surface area contributed by atoms with E-state index in [1.54, 1.807) is 25.2 Å². The fraction of sp³-hybridized carbons (Fsp3) is 0.533. The lowest BCUT2D eigenvalue weighted by Gasteiger charge is -2.41. The highest BCUT2D eigenvalue weighted by Crippen LogP contribution is 2.36. The van der Waals surface area contributed by atoms with Gasteiger partial charge in [-0.3, -0.25) is 9.69 Å². The van der Waals surface area contributed by atoms with Crippen LogP contribution >= 0.6 is 0 Å². The van der Waals surface area contributed by atoms with E-state index in [9.17, 15) is 9.59 Å². The molecule has 0 aliphatic carbocycles. The minimum absolute atomic E-state index is 0.0765. The summed E-state index contributed by atoms with van der Waals surface area (Å²) >= 11 is 0. The van der Waals surface area contributed by atoms with Gasteiger partial charge in [0.2, 0.25) is 0 Å². The highest BCUT2D eigenvalue weighted by atomic mass is 16.2. The molecule has 0 atom stereocenters. The maximum atomic E-state index is 12.4. The number of rotatable bonds is 1. The zero-order valence-corrected chi connectivity index (χ0v) is 12.7. The van der Waals surface area contributed by atoms with Crippen LogP contribution in [0.1, 0.15) is 18.4 Å². The van der Waals surface area contributed by atoms with Gasteiger partial charge in [0, 0.05) is 33.4 Å². The molecule has 2 aliphatic rings. The van der Waals surface area contributed by atoms with Crippen LogP contribution in [0.3, 0.4) is 0 Å². The second kappa shape index (κ2) is 4.72. The van der Waals surface area contributed by atoms with Gasteiger partial charge >= 0.3 is 6.03 Å². The second-order valence-corrected chi connectivity index (χ2v) is 5.87. The van der Waals surface area contributed by atoms with E-state index in [1.165, 1.54) is 4.90 Å². The summed E-state index contributed by atoms with van der Waals surface area (Å²) in [4.78, 5) is 33.9. The molecular weight excluding hydrogens is 268 g/mol. The van der Waals surface area contributed by atoms with Crippen molar-refractivity contribution in [3.63, 3.8) is 0 Å². The SMILES string of the molecule is Cc1cccnc1N1CCC2(CC1)C(=O)N(C)C(=O)N2C. The quantitative estimate of drug-likeness (QED) is 0.730. The van der Waals surface area contributed by atoms with E-state index < -0.39 is 5.54 Å². The third kappa shape index (κ3) is 1.89. The second-order valence-electron chi connectivity index (χ2n) is 5.87. The van der Waals surface area contributed by atoms with E-state index in [0.29, 0.717) is 12.8 Å². The first kappa shape index (κ1) is 13.9. The highest BCUT2D eigenvalue weighted by Gasteiger charge is 2.55. The molecule has 0 unspecified atom stereocenters. The Balaban J connectivity index is 1.81. The van der Waals surface area contributed by atoms with Crippen LogP contribution in [-0.4, -0.2) is 59.4 Å². The van der Waals surface area contributed by atoms with Gasteiger partial charge < -0.3 is 9.80 Å². The first-order chi connectivity index (χ1) is 9.97. The molecule has 2 fully saturated rings. The number of pyridine rings is 1. The number of aromatic nitrogens is 1. The number of hydrogen-bond acceptors (Lipinski definition) is 4. The van der Waals surface area contributed by atoms with Crippen molar-refractivity contribution in [2.24, 2.45) is 0 Å². The molecule has 1 aromatic rings. The minimum atomic E-state index is -0.662. The van der Waals surface area contributed by atoms with E-state index in [-0.39, 0.29) is 11.9 Å². The van der Waals surface area contributed by atoms with Crippen molar-refractivity contribution in [2.75, 3.05) is 32.1 Å². The zero-order chi connectivity index (χ0) is 15.2. The third-order valence-corrected chi connectivity index (χ3v) is 4.79. The van der Waals surface area contributed by atoms with E-state index >= 15 is 0 Å². The number of carbonyl (C=O) groups excluding carboxylic acids is 2. The van der Waals surface area contributed by atoms with Crippen LogP contribution in [0.4, 0.5) is 10.6 Å². The molecule has 1 spiro atoms. The fourth-order valence-electron chi connectivity index (χ4n) is 3.40. The lowest BCUT2D eigenvalue weighted by atomic mass is 9.86. The summed E-state index contributed by atoms with van der Waals surface area (Å²) in [6.45, 7) is 3.50. The molecule has 0 bridgehead atoms. The van der Waals surface area contributed by atoms with Crippen molar-refractivity contribution >= 4 is 17.8 Å². The molecule has 2 aliphatic heterocycles. The van der Waals surface area contributed by atoms with Crippen molar-refractivity contribution in [1.82, 2.24) is 14.8 Å². The Morgan fingerprint density at radius 1 is 1.19 bits per heavy atom. The molecule has 1 aromatic heterocycles. The number of carbonyl (C=O) groups is 2. The van der Waals surface area contributed by atoms with Crippen molar-refractivity contribution in [3.8, 4) is 0 Å². The molecule has 0 radical (unpaired) electrons. The fourth-order valence-corrected chi connectivity index (χ4v) is 3.40. The highest BCUT2D eigenvalue weighted by molar-refractivity contribution is 6.06. The third-order valence-electron chi connectivity index (χ3n) is 4.79. The number of piperidine rings is 1. The maximum Gasteiger partial charge on any atom is 0.327 e. The molecule has 0 saturated carbocycles. The Bertz CT molecular complexity index is 593. The Hall–Kier alpha value is -2.11. The molecule has 112 valence electrons. The van der Waals surface area contributed by atoms with Crippen molar-refractivity contribution in [3.05, 3.63) is 23.9 Å². The van der Waals surface area contributed by atoms with Gasteiger partial charge in [-0.1, -0.05) is 6.07 Å². The lowest BCUT2D eigenvalue weighted by molar-refractivity contribution is -0.133. The molecule has 21 heavy (non-hydrogen) atoms.